The molecular weight excluding hydrogens is 828 g/mol. The second-order valence-electron chi connectivity index (χ2n) is 15.2. The number of nitrogens with one attached hydrogen (secondary N) is 1. The predicted molar refractivity (Wildman–Crippen MR) is 237 cm³/mol. The Morgan fingerprint density at radius 3 is 2.35 bits per heavy atom. The number of aromatic nitrogens is 3. The van der Waals surface area contributed by atoms with Gasteiger partial charge in [-0.2, -0.15) is 5.10 Å². The molecule has 3 heterocycles. The first-order chi connectivity index (χ1) is 30.6. The monoisotopic (exact) mass is 867 g/mol. The van der Waals surface area contributed by atoms with Crippen molar-refractivity contribution in [3.8, 4) is 39.5 Å². The van der Waals surface area contributed by atoms with E-state index in [-0.39, 0.29) is 36.3 Å². The Balaban J connectivity index is 0.811. The van der Waals surface area contributed by atoms with E-state index in [9.17, 15) is 27.9 Å². The van der Waals surface area contributed by atoms with Crippen LogP contribution in [0.2, 0.25) is 0 Å². The van der Waals surface area contributed by atoms with Crippen molar-refractivity contribution in [2.75, 3.05) is 18.8 Å². The van der Waals surface area contributed by atoms with Crippen LogP contribution in [0.1, 0.15) is 35.3 Å². The van der Waals surface area contributed by atoms with Gasteiger partial charge in [0.25, 0.3) is 5.91 Å². The molecule has 2 amide bonds. The third-order valence-corrected chi connectivity index (χ3v) is 11.9. The molecule has 1 fully saturated rings. The zero-order valence-corrected chi connectivity index (χ0v) is 34.5. The number of phenols is 1. The number of carbonyl (C=O) groups excluding carboxylic acids is 2. The number of likely N-dealkylation sites (tertiary alicyclic amines) is 1. The first-order valence-electron chi connectivity index (χ1n) is 20.5. The topological polar surface area (TPSA) is 118 Å². The lowest BCUT2D eigenvalue weighted by Crippen LogP contribution is -2.41. The van der Waals surface area contributed by atoms with Crippen molar-refractivity contribution < 1.29 is 37.3 Å². The second-order valence-corrected chi connectivity index (χ2v) is 16.2. The number of hydrogen-bond donors (Lipinski definition) is 2. The fraction of sp³-hybridized carbons (Fsp3) is 0.184. The molecule has 2 aromatic heterocycles. The van der Waals surface area contributed by atoms with Gasteiger partial charge in [-0.1, -0.05) is 103 Å². The molecule has 14 heteroatoms. The van der Waals surface area contributed by atoms with Gasteiger partial charge in [0.05, 0.1) is 28.8 Å². The molecule has 1 aliphatic heterocycles. The van der Waals surface area contributed by atoms with Crippen LogP contribution < -0.4 is 14.8 Å². The number of halogens is 3. The molecule has 0 spiro atoms. The van der Waals surface area contributed by atoms with Gasteiger partial charge in [-0.05, 0) is 81.6 Å². The first kappa shape index (κ1) is 41.3. The number of thioether (sulfide) groups is 1. The maximum absolute atomic E-state index is 13.4. The molecular formula is C49H40F3N5O5S. The third-order valence-electron chi connectivity index (χ3n) is 11.0. The Morgan fingerprint density at radius 2 is 1.56 bits per heavy atom. The summed E-state index contributed by atoms with van der Waals surface area (Å²) in [5.41, 5.74) is 6.01. The molecule has 8 aromatic rings. The van der Waals surface area contributed by atoms with Gasteiger partial charge in [0.2, 0.25) is 5.91 Å². The quantitative estimate of drug-likeness (QED) is 0.0921. The minimum absolute atomic E-state index is 0.0356. The number of ether oxygens (including phenoxy) is 2. The number of benzene rings is 6. The lowest BCUT2D eigenvalue weighted by atomic mass is 9.89. The van der Waals surface area contributed by atoms with Crippen LogP contribution in [0.3, 0.4) is 0 Å². The van der Waals surface area contributed by atoms with Gasteiger partial charge < -0.3 is 24.8 Å². The molecule has 0 aliphatic carbocycles. The summed E-state index contributed by atoms with van der Waals surface area (Å²) in [6.45, 7) is 1.10. The van der Waals surface area contributed by atoms with Gasteiger partial charge in [0, 0.05) is 43.5 Å². The van der Waals surface area contributed by atoms with Gasteiger partial charge >= 0.3 is 6.36 Å². The largest absolute Gasteiger partial charge is 0.573 e. The molecule has 10 nitrogen and oxygen atoms in total. The van der Waals surface area contributed by atoms with E-state index in [0.29, 0.717) is 42.5 Å². The maximum Gasteiger partial charge on any atom is 0.573 e. The number of para-hydroxylation sites is 2. The molecule has 2 N–H and O–H groups in total. The highest BCUT2D eigenvalue weighted by molar-refractivity contribution is 7.99. The molecule has 6 aromatic carbocycles. The number of fused-ring (bicyclic) bond motifs is 4. The highest BCUT2D eigenvalue weighted by atomic mass is 32.2. The van der Waals surface area contributed by atoms with E-state index < -0.39 is 18.0 Å². The normalized spacial score (nSPS) is 13.4. The number of carbonyl (C=O) groups is 2. The highest BCUT2D eigenvalue weighted by Crippen LogP contribution is 2.40. The molecule has 1 saturated heterocycles. The molecule has 0 bridgehead atoms. The Hall–Kier alpha value is -7.06. The van der Waals surface area contributed by atoms with Gasteiger partial charge in [-0.15, -0.1) is 13.2 Å². The van der Waals surface area contributed by atoms with E-state index in [1.807, 2.05) is 71.6 Å². The molecule has 0 saturated carbocycles. The zero-order valence-electron chi connectivity index (χ0n) is 33.7. The van der Waals surface area contributed by atoms with Crippen molar-refractivity contribution in [3.05, 3.63) is 151 Å². The van der Waals surface area contributed by atoms with Crippen molar-refractivity contribution in [1.82, 2.24) is 24.8 Å². The Morgan fingerprint density at radius 1 is 0.810 bits per heavy atom. The Kier molecular flexibility index (Phi) is 11.6. The fourth-order valence-corrected chi connectivity index (χ4v) is 8.89. The standard InChI is InChI=1S/C49H40F3N5O5S/c50-49(51,52)62-44-13-7-5-11-41(44)47(60)53-30-34-29-43-40-10-4-6-12-42(40)54-48(57(43)55-34)63-27-24-45(59)56-25-22-37(23-26-56)61-36-18-14-32(15-19-36)46-38(31-8-2-1-3-9-31)20-16-33-28-35(58)17-21-39(33)46/h1-21,28-29,37,58H,22-27,30H2,(H,53,60). The van der Waals surface area contributed by atoms with Gasteiger partial charge in [0.15, 0.2) is 5.16 Å². The lowest BCUT2D eigenvalue weighted by Gasteiger charge is -2.32. The smallest absolute Gasteiger partial charge is 0.508 e. The summed E-state index contributed by atoms with van der Waals surface area (Å²) in [4.78, 5) is 33.1. The van der Waals surface area contributed by atoms with Gasteiger partial charge in [-0.3, -0.25) is 9.59 Å². The summed E-state index contributed by atoms with van der Waals surface area (Å²) in [7, 11) is 0. The highest BCUT2D eigenvalue weighted by Gasteiger charge is 2.33. The summed E-state index contributed by atoms with van der Waals surface area (Å²) in [5.74, 6) is 0.136. The third kappa shape index (κ3) is 9.26. The van der Waals surface area contributed by atoms with Crippen molar-refractivity contribution in [2.45, 2.75) is 43.4 Å². The lowest BCUT2D eigenvalue weighted by molar-refractivity contribution is -0.274. The van der Waals surface area contributed by atoms with Crippen molar-refractivity contribution in [3.63, 3.8) is 0 Å². The van der Waals surface area contributed by atoms with E-state index in [4.69, 9.17) is 9.72 Å². The average Bonchev–Trinajstić information content (AvgIpc) is 3.73. The minimum atomic E-state index is -4.95. The van der Waals surface area contributed by atoms with E-state index in [2.05, 4.69) is 45.5 Å². The molecule has 318 valence electrons. The number of nitrogens with zero attached hydrogens (tertiary/aromatic N) is 4. The number of amides is 2. The summed E-state index contributed by atoms with van der Waals surface area (Å²) in [6, 6.07) is 42.5. The number of alkyl halides is 3. The van der Waals surface area contributed by atoms with Crippen LogP contribution in [0.4, 0.5) is 13.2 Å². The summed E-state index contributed by atoms with van der Waals surface area (Å²) in [5, 5.41) is 20.9. The van der Waals surface area contributed by atoms with Crippen LogP contribution in [0.25, 0.3) is 49.4 Å². The Bertz CT molecular complexity index is 2950. The number of hydrogen-bond acceptors (Lipinski definition) is 8. The molecule has 1 aliphatic rings. The van der Waals surface area contributed by atoms with Crippen molar-refractivity contribution >= 4 is 50.8 Å². The van der Waals surface area contributed by atoms with Crippen LogP contribution in [0.5, 0.6) is 17.2 Å². The molecule has 0 atom stereocenters. The number of rotatable bonds is 12. The summed E-state index contributed by atoms with van der Waals surface area (Å²) in [6.07, 6.45) is -3.30. The first-order valence-corrected chi connectivity index (χ1v) is 21.4. The number of phenolic OH excluding ortho intramolecular Hbond substituents is 1. The summed E-state index contributed by atoms with van der Waals surface area (Å²) >= 11 is 1.40. The fourth-order valence-electron chi connectivity index (χ4n) is 8.01. The average molecular weight is 868 g/mol. The molecule has 9 rings (SSSR count). The number of aromatic hydroxyl groups is 1. The second kappa shape index (κ2) is 17.7. The van der Waals surface area contributed by atoms with E-state index in [1.165, 1.54) is 30.0 Å². The maximum atomic E-state index is 13.4. The predicted octanol–water partition coefficient (Wildman–Crippen LogP) is 10.5. The molecule has 0 unspecified atom stereocenters. The molecule has 0 radical (unpaired) electrons. The zero-order chi connectivity index (χ0) is 43.5. The SMILES string of the molecule is O=C(NCc1cc2c3ccccc3nc(SCCC(=O)N3CCC(Oc4ccc(-c5c(-c6ccccc6)ccc6cc(O)ccc56)cc4)CC3)n2n1)c1ccccc1OC(F)(F)F. The van der Waals surface area contributed by atoms with Crippen LogP contribution in [0, 0.1) is 0 Å². The van der Waals surface area contributed by atoms with Crippen molar-refractivity contribution in [1.29, 1.82) is 0 Å². The van der Waals surface area contributed by atoms with Gasteiger partial charge in [-0.25, -0.2) is 9.50 Å². The Labute approximate surface area is 364 Å². The van der Waals surface area contributed by atoms with Crippen LogP contribution in [0.15, 0.2) is 145 Å². The summed E-state index contributed by atoms with van der Waals surface area (Å²) < 4.78 is 51.0. The van der Waals surface area contributed by atoms with E-state index in [1.54, 1.807) is 22.7 Å². The number of piperidine rings is 1. The minimum Gasteiger partial charge on any atom is -0.508 e. The molecule has 63 heavy (non-hydrogen) atoms. The van der Waals surface area contributed by atoms with Crippen LogP contribution >= 0.6 is 11.8 Å². The van der Waals surface area contributed by atoms with Crippen molar-refractivity contribution in [2.24, 2.45) is 0 Å². The van der Waals surface area contributed by atoms with Crippen LogP contribution in [-0.4, -0.2) is 67.7 Å². The van der Waals surface area contributed by atoms with E-state index in [0.717, 1.165) is 61.3 Å². The van der Waals surface area contributed by atoms with Crippen LogP contribution in [-0.2, 0) is 11.3 Å². The van der Waals surface area contributed by atoms with Gasteiger partial charge in [0.1, 0.15) is 23.4 Å². The van der Waals surface area contributed by atoms with E-state index >= 15 is 0 Å².